The molecule has 0 radical (unpaired) electrons. The van der Waals surface area contributed by atoms with E-state index in [-0.39, 0.29) is 5.91 Å². The fourth-order valence-electron chi connectivity index (χ4n) is 3.10. The van der Waals surface area contributed by atoms with Gasteiger partial charge in [-0.15, -0.1) is 0 Å². The van der Waals surface area contributed by atoms with Gasteiger partial charge < -0.3 is 14.5 Å². The van der Waals surface area contributed by atoms with Crippen molar-refractivity contribution in [2.75, 3.05) is 7.11 Å². The Bertz CT molecular complexity index is 847. The predicted molar refractivity (Wildman–Crippen MR) is 96.2 cm³/mol. The van der Waals surface area contributed by atoms with E-state index in [0.717, 1.165) is 18.2 Å². The summed E-state index contributed by atoms with van der Waals surface area (Å²) in [6, 6.07) is 7.98. The number of benzene rings is 1. The van der Waals surface area contributed by atoms with Crippen molar-refractivity contribution in [3.8, 4) is 5.75 Å². The number of carbonyl (C=O) groups is 1. The third-order valence-electron chi connectivity index (χ3n) is 4.30. The first kappa shape index (κ1) is 15.3. The fourth-order valence-corrected chi connectivity index (χ4v) is 3.98. The number of hydrogen-bond acceptors (Lipinski definition) is 5. The van der Waals surface area contributed by atoms with Crippen molar-refractivity contribution in [2.45, 2.75) is 31.7 Å². The number of thioether (sulfide) groups is 1. The van der Waals surface area contributed by atoms with Crippen molar-refractivity contribution in [1.82, 2.24) is 5.32 Å². The summed E-state index contributed by atoms with van der Waals surface area (Å²) >= 11 is 1.38. The van der Waals surface area contributed by atoms with E-state index < -0.39 is 0 Å². The minimum absolute atomic E-state index is 0.121. The van der Waals surface area contributed by atoms with E-state index in [1.807, 2.05) is 24.3 Å². The van der Waals surface area contributed by atoms with Gasteiger partial charge in [0.25, 0.3) is 5.91 Å². The van der Waals surface area contributed by atoms with Crippen molar-refractivity contribution < 1.29 is 13.9 Å². The maximum Gasteiger partial charge on any atom is 0.264 e. The molecule has 6 heteroatoms. The summed E-state index contributed by atoms with van der Waals surface area (Å²) in [5, 5.41) is 4.50. The van der Waals surface area contributed by atoms with Gasteiger partial charge in [0.05, 0.1) is 18.1 Å². The molecule has 124 valence electrons. The number of nitrogens with one attached hydrogen (secondary N) is 1. The zero-order chi connectivity index (χ0) is 16.5. The predicted octanol–water partition coefficient (Wildman–Crippen LogP) is 3.94. The van der Waals surface area contributed by atoms with E-state index in [9.17, 15) is 4.79 Å². The SMILES string of the molecule is COc1cccc2cc(/C=C3\SC(=NC4CCCC4)NC3=O)oc12. The Morgan fingerprint density at radius 3 is 3.00 bits per heavy atom. The molecule has 0 spiro atoms. The van der Waals surface area contributed by atoms with Gasteiger partial charge in [0, 0.05) is 11.5 Å². The molecule has 1 amide bonds. The van der Waals surface area contributed by atoms with E-state index in [2.05, 4.69) is 10.3 Å². The second-order valence-electron chi connectivity index (χ2n) is 5.96. The highest BCUT2D eigenvalue weighted by Gasteiger charge is 2.26. The van der Waals surface area contributed by atoms with Gasteiger partial charge in [-0.1, -0.05) is 25.0 Å². The largest absolute Gasteiger partial charge is 0.493 e. The molecule has 1 saturated carbocycles. The number of furan rings is 1. The minimum atomic E-state index is -0.121. The first-order valence-corrected chi connectivity index (χ1v) is 8.90. The van der Waals surface area contributed by atoms with Crippen LogP contribution in [0.15, 0.2) is 38.6 Å². The zero-order valence-electron chi connectivity index (χ0n) is 13.4. The molecule has 2 heterocycles. The summed E-state index contributed by atoms with van der Waals surface area (Å²) in [4.78, 5) is 17.4. The highest BCUT2D eigenvalue weighted by atomic mass is 32.2. The molecule has 0 unspecified atom stereocenters. The van der Waals surface area contributed by atoms with Crippen LogP contribution >= 0.6 is 11.8 Å². The molecular formula is C18H18N2O3S. The fraction of sp³-hybridized carbons (Fsp3) is 0.333. The summed E-state index contributed by atoms with van der Waals surface area (Å²) in [6.45, 7) is 0. The molecule has 1 aromatic heterocycles. The third kappa shape index (κ3) is 2.94. The van der Waals surface area contributed by atoms with Gasteiger partial charge in [-0.3, -0.25) is 9.79 Å². The Labute approximate surface area is 144 Å². The number of methoxy groups -OCH3 is 1. The molecule has 1 aliphatic carbocycles. The van der Waals surface area contributed by atoms with Crippen LogP contribution in [0.2, 0.25) is 0 Å². The lowest BCUT2D eigenvalue weighted by Crippen LogP contribution is -2.21. The monoisotopic (exact) mass is 342 g/mol. The quantitative estimate of drug-likeness (QED) is 0.858. The summed E-state index contributed by atoms with van der Waals surface area (Å²) in [6.07, 6.45) is 6.44. The van der Waals surface area contributed by atoms with Crippen molar-refractivity contribution in [2.24, 2.45) is 4.99 Å². The topological polar surface area (TPSA) is 63.8 Å². The van der Waals surface area contributed by atoms with E-state index in [0.29, 0.717) is 33.2 Å². The number of para-hydroxylation sites is 1. The van der Waals surface area contributed by atoms with E-state index in [1.54, 1.807) is 13.2 Å². The Kier molecular flexibility index (Phi) is 4.06. The molecule has 1 aliphatic heterocycles. The molecule has 24 heavy (non-hydrogen) atoms. The molecule has 0 bridgehead atoms. The summed E-state index contributed by atoms with van der Waals surface area (Å²) < 4.78 is 11.1. The lowest BCUT2D eigenvalue weighted by molar-refractivity contribution is -0.115. The molecule has 5 nitrogen and oxygen atoms in total. The lowest BCUT2D eigenvalue weighted by atomic mass is 10.2. The van der Waals surface area contributed by atoms with Gasteiger partial charge in [0.2, 0.25) is 0 Å². The number of amidine groups is 1. The average molecular weight is 342 g/mol. The summed E-state index contributed by atoms with van der Waals surface area (Å²) in [7, 11) is 1.61. The average Bonchev–Trinajstić information content (AvgIpc) is 3.28. The van der Waals surface area contributed by atoms with Gasteiger partial charge in [-0.05, 0) is 36.7 Å². The smallest absolute Gasteiger partial charge is 0.264 e. The highest BCUT2D eigenvalue weighted by molar-refractivity contribution is 8.18. The number of hydrogen-bond donors (Lipinski definition) is 1. The van der Waals surface area contributed by atoms with Crippen LogP contribution in [0, 0.1) is 0 Å². The Morgan fingerprint density at radius 2 is 2.21 bits per heavy atom. The third-order valence-corrected chi connectivity index (χ3v) is 5.22. The van der Waals surface area contributed by atoms with Crippen LogP contribution in [-0.4, -0.2) is 24.2 Å². The summed E-state index contributed by atoms with van der Waals surface area (Å²) in [5.41, 5.74) is 0.690. The van der Waals surface area contributed by atoms with Crippen LogP contribution in [-0.2, 0) is 4.79 Å². The van der Waals surface area contributed by atoms with Crippen LogP contribution in [0.4, 0.5) is 0 Å². The first-order valence-electron chi connectivity index (χ1n) is 8.08. The van der Waals surface area contributed by atoms with Gasteiger partial charge in [0.1, 0.15) is 5.76 Å². The number of amides is 1. The molecule has 2 fully saturated rings. The van der Waals surface area contributed by atoms with Crippen LogP contribution in [0.3, 0.4) is 0 Å². The van der Waals surface area contributed by atoms with Gasteiger partial charge in [0.15, 0.2) is 16.5 Å². The highest BCUT2D eigenvalue weighted by Crippen LogP contribution is 2.32. The standard InChI is InChI=1S/C18H18N2O3S/c1-22-14-8-4-5-11-9-13(23-16(11)14)10-15-17(21)20-18(24-15)19-12-6-2-3-7-12/h4-5,8-10,12H,2-3,6-7H2,1H3,(H,19,20,21)/b15-10-. The van der Waals surface area contributed by atoms with Gasteiger partial charge >= 0.3 is 0 Å². The molecule has 1 aromatic carbocycles. The molecule has 2 aliphatic rings. The maximum absolute atomic E-state index is 12.2. The maximum atomic E-state index is 12.2. The second kappa shape index (κ2) is 6.36. The normalized spacial score (nSPS) is 22.0. The number of fused-ring (bicyclic) bond motifs is 1. The van der Waals surface area contributed by atoms with E-state index in [1.165, 1.54) is 24.6 Å². The number of aliphatic imine (C=N–C) groups is 1. The van der Waals surface area contributed by atoms with Crippen molar-refractivity contribution in [3.63, 3.8) is 0 Å². The van der Waals surface area contributed by atoms with Crippen LogP contribution in [0.5, 0.6) is 5.75 Å². The lowest BCUT2D eigenvalue weighted by Gasteiger charge is -2.02. The second-order valence-corrected chi connectivity index (χ2v) is 7.00. The van der Waals surface area contributed by atoms with E-state index in [4.69, 9.17) is 9.15 Å². The molecule has 2 aromatic rings. The molecule has 0 atom stereocenters. The molecule has 1 saturated heterocycles. The first-order chi connectivity index (χ1) is 11.7. The van der Waals surface area contributed by atoms with Crippen LogP contribution < -0.4 is 10.1 Å². The van der Waals surface area contributed by atoms with Gasteiger partial charge in [-0.25, -0.2) is 0 Å². The van der Waals surface area contributed by atoms with Crippen molar-refractivity contribution in [1.29, 1.82) is 0 Å². The Balaban J connectivity index is 1.60. The zero-order valence-corrected chi connectivity index (χ0v) is 14.2. The van der Waals surface area contributed by atoms with Crippen molar-refractivity contribution in [3.05, 3.63) is 34.9 Å². The number of rotatable bonds is 3. The van der Waals surface area contributed by atoms with Crippen LogP contribution in [0.25, 0.3) is 17.0 Å². The molecule has 1 N–H and O–H groups in total. The number of ether oxygens (including phenoxy) is 1. The van der Waals surface area contributed by atoms with Gasteiger partial charge in [-0.2, -0.15) is 0 Å². The number of nitrogens with zero attached hydrogens (tertiary/aromatic N) is 1. The van der Waals surface area contributed by atoms with E-state index >= 15 is 0 Å². The summed E-state index contributed by atoms with van der Waals surface area (Å²) in [5.74, 6) is 1.20. The number of carbonyl (C=O) groups excluding carboxylic acids is 1. The Morgan fingerprint density at radius 1 is 1.38 bits per heavy atom. The Hall–Kier alpha value is -2.21. The van der Waals surface area contributed by atoms with Crippen LogP contribution in [0.1, 0.15) is 31.4 Å². The minimum Gasteiger partial charge on any atom is -0.493 e. The molecular weight excluding hydrogens is 324 g/mol. The molecule has 4 rings (SSSR count). The van der Waals surface area contributed by atoms with Crippen molar-refractivity contribution >= 4 is 39.9 Å².